The van der Waals surface area contributed by atoms with Gasteiger partial charge in [-0.3, -0.25) is 0 Å². The predicted octanol–water partition coefficient (Wildman–Crippen LogP) is 1.45. The summed E-state index contributed by atoms with van der Waals surface area (Å²) in [5.74, 6) is 0.206. The van der Waals surface area contributed by atoms with Crippen LogP contribution in [0.25, 0.3) is 0 Å². The smallest absolute Gasteiger partial charge is 0.0903 e. The SMILES string of the molecule is CCC(O)(COC)C(C)CCOC. The van der Waals surface area contributed by atoms with E-state index in [2.05, 4.69) is 0 Å². The molecule has 2 unspecified atom stereocenters. The lowest BCUT2D eigenvalue weighted by Gasteiger charge is -2.32. The molecule has 0 aliphatic heterocycles. The van der Waals surface area contributed by atoms with E-state index in [4.69, 9.17) is 9.47 Å². The van der Waals surface area contributed by atoms with Crippen LogP contribution in [0.15, 0.2) is 0 Å². The van der Waals surface area contributed by atoms with Crippen molar-refractivity contribution in [2.24, 2.45) is 5.92 Å². The van der Waals surface area contributed by atoms with Crippen LogP contribution in [0.2, 0.25) is 0 Å². The van der Waals surface area contributed by atoms with Crippen LogP contribution < -0.4 is 0 Å². The molecule has 0 spiro atoms. The summed E-state index contributed by atoms with van der Waals surface area (Å²) >= 11 is 0. The molecule has 3 heteroatoms. The molecule has 1 N–H and O–H groups in total. The molecule has 0 rings (SSSR count). The highest BCUT2D eigenvalue weighted by molar-refractivity contribution is 4.82. The summed E-state index contributed by atoms with van der Waals surface area (Å²) in [7, 11) is 3.29. The van der Waals surface area contributed by atoms with Crippen molar-refractivity contribution in [2.45, 2.75) is 32.3 Å². The molecule has 0 aromatic rings. The Hall–Kier alpha value is -0.120. The molecule has 0 heterocycles. The summed E-state index contributed by atoms with van der Waals surface area (Å²) in [6, 6.07) is 0. The van der Waals surface area contributed by atoms with Gasteiger partial charge < -0.3 is 14.6 Å². The highest BCUT2D eigenvalue weighted by atomic mass is 16.5. The Morgan fingerprint density at radius 2 is 1.92 bits per heavy atom. The average molecular weight is 190 g/mol. The lowest BCUT2D eigenvalue weighted by molar-refractivity contribution is -0.0776. The van der Waals surface area contributed by atoms with Gasteiger partial charge in [-0.25, -0.2) is 0 Å². The van der Waals surface area contributed by atoms with Crippen LogP contribution in [0.4, 0.5) is 0 Å². The zero-order valence-corrected chi connectivity index (χ0v) is 9.17. The maximum atomic E-state index is 10.1. The first-order valence-electron chi connectivity index (χ1n) is 4.81. The maximum Gasteiger partial charge on any atom is 0.0903 e. The number of ether oxygens (including phenoxy) is 2. The van der Waals surface area contributed by atoms with E-state index < -0.39 is 5.60 Å². The van der Waals surface area contributed by atoms with Crippen LogP contribution in [0.3, 0.4) is 0 Å². The Labute approximate surface area is 81.0 Å². The van der Waals surface area contributed by atoms with Gasteiger partial charge in [0.25, 0.3) is 0 Å². The van der Waals surface area contributed by atoms with Crippen LogP contribution in [0.5, 0.6) is 0 Å². The number of aliphatic hydroxyl groups is 1. The van der Waals surface area contributed by atoms with Crippen LogP contribution in [0.1, 0.15) is 26.7 Å². The van der Waals surface area contributed by atoms with Gasteiger partial charge in [-0.05, 0) is 18.8 Å². The molecule has 2 atom stereocenters. The fourth-order valence-electron chi connectivity index (χ4n) is 1.41. The molecule has 0 saturated carbocycles. The molecule has 0 aliphatic carbocycles. The van der Waals surface area contributed by atoms with Crippen molar-refractivity contribution in [3.05, 3.63) is 0 Å². The quantitative estimate of drug-likeness (QED) is 0.660. The van der Waals surface area contributed by atoms with Crippen LogP contribution in [-0.2, 0) is 9.47 Å². The van der Waals surface area contributed by atoms with Gasteiger partial charge in [-0.15, -0.1) is 0 Å². The molecular weight excluding hydrogens is 168 g/mol. The fraction of sp³-hybridized carbons (Fsp3) is 1.00. The molecule has 80 valence electrons. The normalized spacial score (nSPS) is 18.2. The van der Waals surface area contributed by atoms with Crippen LogP contribution in [0, 0.1) is 5.92 Å². The van der Waals surface area contributed by atoms with Gasteiger partial charge >= 0.3 is 0 Å². The molecule has 0 amide bonds. The molecule has 0 fully saturated rings. The third-order valence-electron chi connectivity index (χ3n) is 2.68. The minimum atomic E-state index is -0.701. The predicted molar refractivity (Wildman–Crippen MR) is 52.8 cm³/mol. The van der Waals surface area contributed by atoms with Crippen LogP contribution >= 0.6 is 0 Å². The zero-order valence-electron chi connectivity index (χ0n) is 9.17. The van der Waals surface area contributed by atoms with Crippen molar-refractivity contribution in [3.8, 4) is 0 Å². The number of rotatable bonds is 7. The van der Waals surface area contributed by atoms with Crippen molar-refractivity contribution >= 4 is 0 Å². The highest BCUT2D eigenvalue weighted by Crippen LogP contribution is 2.24. The lowest BCUT2D eigenvalue weighted by atomic mass is 9.85. The number of hydrogen-bond acceptors (Lipinski definition) is 3. The minimum Gasteiger partial charge on any atom is -0.387 e. The molecule has 0 aliphatic rings. The Kier molecular flexibility index (Phi) is 6.29. The second-order valence-corrected chi connectivity index (χ2v) is 3.57. The summed E-state index contributed by atoms with van der Waals surface area (Å²) < 4.78 is 9.99. The lowest BCUT2D eigenvalue weighted by Crippen LogP contribution is -2.40. The molecule has 0 radical (unpaired) electrons. The van der Waals surface area contributed by atoms with Gasteiger partial charge in [0.05, 0.1) is 12.2 Å². The second kappa shape index (κ2) is 6.35. The maximum absolute atomic E-state index is 10.1. The largest absolute Gasteiger partial charge is 0.387 e. The third-order valence-corrected chi connectivity index (χ3v) is 2.68. The van der Waals surface area contributed by atoms with Gasteiger partial charge in [-0.2, -0.15) is 0 Å². The number of hydrogen-bond donors (Lipinski definition) is 1. The Morgan fingerprint density at radius 3 is 2.31 bits per heavy atom. The van der Waals surface area contributed by atoms with Crippen molar-refractivity contribution in [2.75, 3.05) is 27.4 Å². The topological polar surface area (TPSA) is 38.7 Å². The van der Waals surface area contributed by atoms with Gasteiger partial charge in [0.15, 0.2) is 0 Å². The van der Waals surface area contributed by atoms with Crippen molar-refractivity contribution in [1.29, 1.82) is 0 Å². The molecule has 0 aromatic heterocycles. The summed E-state index contributed by atoms with van der Waals surface area (Å²) in [6.07, 6.45) is 1.58. The van der Waals surface area contributed by atoms with Crippen molar-refractivity contribution in [1.82, 2.24) is 0 Å². The van der Waals surface area contributed by atoms with E-state index in [0.717, 1.165) is 6.42 Å². The fourth-order valence-corrected chi connectivity index (χ4v) is 1.41. The van der Waals surface area contributed by atoms with E-state index in [1.165, 1.54) is 0 Å². The van der Waals surface area contributed by atoms with Gasteiger partial charge in [-0.1, -0.05) is 13.8 Å². The van der Waals surface area contributed by atoms with Gasteiger partial charge in [0.1, 0.15) is 0 Å². The monoisotopic (exact) mass is 190 g/mol. The van der Waals surface area contributed by atoms with Crippen LogP contribution in [-0.4, -0.2) is 38.1 Å². The Bertz CT molecular complexity index is 127. The molecule has 13 heavy (non-hydrogen) atoms. The first-order valence-corrected chi connectivity index (χ1v) is 4.81. The molecule has 0 saturated heterocycles. The number of methoxy groups -OCH3 is 2. The van der Waals surface area contributed by atoms with E-state index in [1.54, 1.807) is 14.2 Å². The molecule has 3 nitrogen and oxygen atoms in total. The molecular formula is C10H22O3. The third kappa shape index (κ3) is 4.07. The zero-order chi connectivity index (χ0) is 10.3. The molecule has 0 bridgehead atoms. The van der Waals surface area contributed by atoms with E-state index in [1.807, 2.05) is 13.8 Å². The van der Waals surface area contributed by atoms with E-state index in [0.29, 0.717) is 19.6 Å². The van der Waals surface area contributed by atoms with Crippen molar-refractivity contribution in [3.63, 3.8) is 0 Å². The van der Waals surface area contributed by atoms with E-state index in [9.17, 15) is 5.11 Å². The summed E-state index contributed by atoms with van der Waals surface area (Å²) in [5.41, 5.74) is -0.701. The second-order valence-electron chi connectivity index (χ2n) is 3.57. The Balaban J connectivity index is 4.03. The van der Waals surface area contributed by atoms with Crippen molar-refractivity contribution < 1.29 is 14.6 Å². The first-order chi connectivity index (χ1) is 6.10. The van der Waals surface area contributed by atoms with Gasteiger partial charge in [0, 0.05) is 20.8 Å². The first kappa shape index (κ1) is 12.9. The summed E-state index contributed by atoms with van der Waals surface area (Å²) in [6.45, 7) is 5.09. The average Bonchev–Trinajstić information content (AvgIpc) is 2.14. The highest BCUT2D eigenvalue weighted by Gasteiger charge is 2.31. The minimum absolute atomic E-state index is 0.206. The van der Waals surface area contributed by atoms with E-state index in [-0.39, 0.29) is 5.92 Å². The summed E-state index contributed by atoms with van der Waals surface area (Å²) in [5, 5.41) is 10.1. The Morgan fingerprint density at radius 1 is 1.31 bits per heavy atom. The summed E-state index contributed by atoms with van der Waals surface area (Å²) in [4.78, 5) is 0. The standard InChI is InChI=1S/C10H22O3/c1-5-10(11,8-13-4)9(2)6-7-12-3/h9,11H,5-8H2,1-4H3. The van der Waals surface area contributed by atoms with Gasteiger partial charge in [0.2, 0.25) is 0 Å². The molecule has 0 aromatic carbocycles. The van der Waals surface area contributed by atoms with E-state index >= 15 is 0 Å².